The molecule has 4 nitrogen and oxygen atoms in total. The number of rotatable bonds is 8. The van der Waals surface area contributed by atoms with Crippen LogP contribution in [0.5, 0.6) is 0 Å². The van der Waals surface area contributed by atoms with Gasteiger partial charge < -0.3 is 14.3 Å². The van der Waals surface area contributed by atoms with Crippen LogP contribution in [-0.2, 0) is 14.0 Å². The van der Waals surface area contributed by atoms with Gasteiger partial charge in [-0.3, -0.25) is 0 Å². The van der Waals surface area contributed by atoms with Crippen molar-refractivity contribution in [2.45, 2.75) is 51.4 Å². The highest BCUT2D eigenvalue weighted by Crippen LogP contribution is 2.40. The summed E-state index contributed by atoms with van der Waals surface area (Å²) in [6.45, 7) is 10.7. The molecule has 0 spiro atoms. The van der Waals surface area contributed by atoms with Crippen LogP contribution in [-0.4, -0.2) is 32.6 Å². The third-order valence-corrected chi connectivity index (χ3v) is 8.72. The fraction of sp³-hybridized carbons (Fsp3) is 0.588. The summed E-state index contributed by atoms with van der Waals surface area (Å²) in [4.78, 5) is 10.5. The molecule has 1 aromatic rings. The lowest BCUT2D eigenvalue weighted by atomic mass is 10.1. The van der Waals surface area contributed by atoms with Crippen LogP contribution in [0.15, 0.2) is 24.3 Å². The van der Waals surface area contributed by atoms with Gasteiger partial charge in [-0.2, -0.15) is 0 Å². The van der Waals surface area contributed by atoms with Gasteiger partial charge in [0.2, 0.25) is 0 Å². The first kappa shape index (κ1) is 19.8. The molecule has 0 aliphatic rings. The molecule has 6 heteroatoms. The van der Waals surface area contributed by atoms with Crippen LogP contribution >= 0.6 is 0 Å². The Hall–Kier alpha value is -1.24. The molecular weight excluding hydrogens is 315 g/mol. The predicted molar refractivity (Wildman–Crippen MR) is 90.5 cm³/mol. The topological polar surface area (TPSA) is 55.8 Å². The van der Waals surface area contributed by atoms with E-state index in [-0.39, 0.29) is 30.2 Å². The molecule has 1 atom stereocenters. The van der Waals surface area contributed by atoms with Crippen LogP contribution in [0.25, 0.3) is 0 Å². The zero-order chi connectivity index (χ0) is 17.7. The number of hydrogen-bond acceptors (Lipinski definition) is 3. The van der Waals surface area contributed by atoms with Gasteiger partial charge in [-0.1, -0.05) is 32.9 Å². The second-order valence-electron chi connectivity index (χ2n) is 7.15. The molecule has 0 amide bonds. The molecule has 0 saturated carbocycles. The fourth-order valence-corrected chi connectivity index (χ4v) is 3.17. The third kappa shape index (κ3) is 6.41. The molecule has 0 aliphatic carbocycles. The summed E-state index contributed by atoms with van der Waals surface area (Å²) >= 11 is 0. The highest BCUT2D eigenvalue weighted by atomic mass is 28.4. The summed E-state index contributed by atoms with van der Waals surface area (Å²) in [5.74, 6) is -1.28. The largest absolute Gasteiger partial charge is 0.480 e. The van der Waals surface area contributed by atoms with E-state index in [1.807, 2.05) is 0 Å². The molecule has 130 valence electrons. The van der Waals surface area contributed by atoms with Crippen LogP contribution < -0.4 is 0 Å². The van der Waals surface area contributed by atoms with E-state index in [1.165, 1.54) is 12.1 Å². The van der Waals surface area contributed by atoms with Crippen molar-refractivity contribution in [3.63, 3.8) is 0 Å². The van der Waals surface area contributed by atoms with Crippen molar-refractivity contribution in [3.8, 4) is 0 Å². The predicted octanol–water partition coefficient (Wildman–Crippen LogP) is 4.38. The normalized spacial score (nSPS) is 13.8. The Morgan fingerprint density at radius 2 is 1.83 bits per heavy atom. The quantitative estimate of drug-likeness (QED) is 0.563. The van der Waals surface area contributed by atoms with Gasteiger partial charge in [0.1, 0.15) is 12.4 Å². The molecule has 1 rings (SSSR count). The van der Waals surface area contributed by atoms with Crippen LogP contribution in [0.3, 0.4) is 0 Å². The van der Waals surface area contributed by atoms with Gasteiger partial charge >= 0.3 is 5.97 Å². The SMILES string of the molecule is CC(C)(C)[Si](C)(C)O[C@@H](CCOCC(=O)O)c1ccc(F)cc1. The van der Waals surface area contributed by atoms with Crippen LogP contribution in [0.2, 0.25) is 18.1 Å². The zero-order valence-electron chi connectivity index (χ0n) is 14.6. The first-order valence-corrected chi connectivity index (χ1v) is 10.7. The van der Waals surface area contributed by atoms with Crippen LogP contribution in [0.4, 0.5) is 4.39 Å². The van der Waals surface area contributed by atoms with Gasteiger partial charge in [0.05, 0.1) is 12.7 Å². The molecule has 23 heavy (non-hydrogen) atoms. The number of aliphatic carboxylic acids is 1. The van der Waals surface area contributed by atoms with Gasteiger partial charge in [0.15, 0.2) is 8.32 Å². The molecule has 0 fully saturated rings. The van der Waals surface area contributed by atoms with Crippen molar-refractivity contribution < 1.29 is 23.5 Å². The number of carbonyl (C=O) groups is 1. The maximum Gasteiger partial charge on any atom is 0.329 e. The number of halogens is 1. The summed E-state index contributed by atoms with van der Waals surface area (Å²) in [7, 11) is -2.01. The van der Waals surface area contributed by atoms with Crippen molar-refractivity contribution in [3.05, 3.63) is 35.6 Å². The Kier molecular flexibility index (Phi) is 6.92. The Morgan fingerprint density at radius 3 is 2.30 bits per heavy atom. The van der Waals surface area contributed by atoms with Gasteiger partial charge in [-0.25, -0.2) is 9.18 Å². The van der Waals surface area contributed by atoms with Crippen molar-refractivity contribution in [1.29, 1.82) is 0 Å². The molecule has 0 aliphatic heterocycles. The molecule has 0 saturated heterocycles. The molecule has 0 radical (unpaired) electrons. The standard InChI is InChI=1S/C17H27FO4Si/c1-17(2,3)23(4,5)22-15(10-11-21-12-16(19)20)13-6-8-14(18)9-7-13/h6-9,15H,10-12H2,1-5H3,(H,19,20)/t15-/m0/s1. The molecule has 0 heterocycles. The molecule has 0 unspecified atom stereocenters. The zero-order valence-corrected chi connectivity index (χ0v) is 15.6. The third-order valence-electron chi connectivity index (χ3n) is 4.23. The van der Waals surface area contributed by atoms with E-state index < -0.39 is 14.3 Å². The van der Waals surface area contributed by atoms with Gasteiger partial charge in [0.25, 0.3) is 0 Å². The number of carboxylic acid groups (broad SMARTS) is 1. The van der Waals surface area contributed by atoms with Crippen molar-refractivity contribution in [1.82, 2.24) is 0 Å². The lowest BCUT2D eigenvalue weighted by Crippen LogP contribution is -2.42. The van der Waals surface area contributed by atoms with E-state index in [0.29, 0.717) is 6.42 Å². The van der Waals surface area contributed by atoms with E-state index in [4.69, 9.17) is 14.3 Å². The van der Waals surface area contributed by atoms with Crippen molar-refractivity contribution in [2.24, 2.45) is 0 Å². The highest BCUT2D eigenvalue weighted by Gasteiger charge is 2.39. The lowest BCUT2D eigenvalue weighted by Gasteiger charge is -2.39. The first-order valence-electron chi connectivity index (χ1n) is 7.76. The summed E-state index contributed by atoms with van der Waals surface area (Å²) in [5.41, 5.74) is 0.884. The molecule has 1 aromatic carbocycles. The van der Waals surface area contributed by atoms with Crippen LogP contribution in [0, 0.1) is 5.82 Å². The monoisotopic (exact) mass is 342 g/mol. The molecule has 0 aromatic heterocycles. The van der Waals surface area contributed by atoms with Gasteiger partial charge in [-0.05, 0) is 42.2 Å². The fourth-order valence-electron chi connectivity index (χ4n) is 1.85. The number of hydrogen-bond donors (Lipinski definition) is 1. The maximum atomic E-state index is 13.2. The summed E-state index contributed by atoms with van der Waals surface area (Å²) < 4.78 is 24.7. The first-order chi connectivity index (χ1) is 10.5. The van der Waals surface area contributed by atoms with E-state index in [9.17, 15) is 9.18 Å². The average molecular weight is 342 g/mol. The minimum atomic E-state index is -2.01. The molecule has 1 N–H and O–H groups in total. The smallest absolute Gasteiger partial charge is 0.329 e. The van der Waals surface area contributed by atoms with E-state index in [2.05, 4.69) is 33.9 Å². The minimum absolute atomic E-state index is 0.0488. The van der Waals surface area contributed by atoms with E-state index in [1.54, 1.807) is 12.1 Å². The summed E-state index contributed by atoms with van der Waals surface area (Å²) in [6.07, 6.45) is 0.302. The van der Waals surface area contributed by atoms with E-state index in [0.717, 1.165) is 5.56 Å². The van der Waals surface area contributed by atoms with Crippen molar-refractivity contribution >= 4 is 14.3 Å². The Morgan fingerprint density at radius 1 is 1.26 bits per heavy atom. The second-order valence-corrected chi connectivity index (χ2v) is 11.9. The van der Waals surface area contributed by atoms with Gasteiger partial charge in [0, 0.05) is 0 Å². The Bertz CT molecular complexity index is 508. The number of benzene rings is 1. The summed E-state index contributed by atoms with van der Waals surface area (Å²) in [6, 6.07) is 6.25. The van der Waals surface area contributed by atoms with Crippen molar-refractivity contribution in [2.75, 3.05) is 13.2 Å². The Balaban J connectivity index is 2.84. The van der Waals surface area contributed by atoms with Crippen LogP contribution in [0.1, 0.15) is 38.9 Å². The minimum Gasteiger partial charge on any atom is -0.480 e. The average Bonchev–Trinajstić information content (AvgIpc) is 2.41. The van der Waals surface area contributed by atoms with Gasteiger partial charge in [-0.15, -0.1) is 0 Å². The molecular formula is C17H27FO4Si. The maximum absolute atomic E-state index is 13.2. The second kappa shape index (κ2) is 8.03. The van der Waals surface area contributed by atoms with E-state index >= 15 is 0 Å². The Labute approximate surface area is 138 Å². The number of carboxylic acids is 1. The lowest BCUT2D eigenvalue weighted by molar-refractivity contribution is -0.142. The molecule has 0 bridgehead atoms. The number of ether oxygens (including phenoxy) is 1. The summed E-state index contributed by atoms with van der Waals surface area (Å²) in [5, 5.41) is 8.68. The highest BCUT2D eigenvalue weighted by molar-refractivity contribution is 6.74.